The van der Waals surface area contributed by atoms with Crippen LogP contribution in [0.1, 0.15) is 15.9 Å². The van der Waals surface area contributed by atoms with E-state index in [0.717, 1.165) is 38.1 Å². The molecule has 2 aromatic carbocycles. The molecule has 0 unspecified atom stereocenters. The quantitative estimate of drug-likeness (QED) is 0.361. The molecule has 1 amide bonds. The Bertz CT molecular complexity index is 1690. The van der Waals surface area contributed by atoms with E-state index in [0.29, 0.717) is 11.5 Å². The second-order valence-electron chi connectivity index (χ2n) is 8.08. The molecule has 35 heavy (non-hydrogen) atoms. The van der Waals surface area contributed by atoms with E-state index in [1.54, 1.807) is 29.8 Å². The Balaban J connectivity index is 1.38. The highest BCUT2D eigenvalue weighted by molar-refractivity contribution is 7.90. The van der Waals surface area contributed by atoms with Gasteiger partial charge in [0.1, 0.15) is 15.2 Å². The van der Waals surface area contributed by atoms with Crippen molar-refractivity contribution in [2.75, 3.05) is 18.6 Å². The van der Waals surface area contributed by atoms with Crippen LogP contribution in [-0.4, -0.2) is 47.1 Å². The summed E-state index contributed by atoms with van der Waals surface area (Å²) in [7, 11) is 0.254. The first-order valence-electron chi connectivity index (χ1n) is 10.7. The third-order valence-corrected chi connectivity index (χ3v) is 7.88. The normalized spacial score (nSPS) is 11.7. The van der Waals surface area contributed by atoms with Gasteiger partial charge in [-0.05, 0) is 17.7 Å². The fourth-order valence-corrected chi connectivity index (χ4v) is 5.88. The summed E-state index contributed by atoms with van der Waals surface area (Å²) in [6, 6.07) is 13.9. The molecule has 0 saturated heterocycles. The largest absolute Gasteiger partial charge is 0.371 e. The van der Waals surface area contributed by atoms with Gasteiger partial charge < -0.3 is 15.2 Å². The van der Waals surface area contributed by atoms with Crippen LogP contribution in [0.4, 0.5) is 5.82 Å². The van der Waals surface area contributed by atoms with Crippen molar-refractivity contribution < 1.29 is 13.2 Å². The minimum absolute atomic E-state index is 0.0150. The van der Waals surface area contributed by atoms with E-state index in [-0.39, 0.29) is 17.0 Å². The lowest BCUT2D eigenvalue weighted by Crippen LogP contribution is -2.24. The molecule has 5 rings (SSSR count). The van der Waals surface area contributed by atoms with Crippen molar-refractivity contribution in [2.45, 2.75) is 11.4 Å². The fourth-order valence-electron chi connectivity index (χ4n) is 3.89. The van der Waals surface area contributed by atoms with Crippen LogP contribution in [0.15, 0.2) is 59.8 Å². The Kier molecular flexibility index (Phi) is 5.73. The summed E-state index contributed by atoms with van der Waals surface area (Å²) in [5.74, 6) is 0.251. The maximum Gasteiger partial charge on any atom is 0.252 e. The molecule has 0 aliphatic heterocycles. The minimum Gasteiger partial charge on any atom is -0.371 e. The second kappa shape index (κ2) is 8.75. The number of carbonyl (C=O) groups is 1. The summed E-state index contributed by atoms with van der Waals surface area (Å²) in [4.78, 5) is 26.5. The molecule has 3 heterocycles. The number of aryl methyl sites for hydroxylation is 1. The van der Waals surface area contributed by atoms with Crippen LogP contribution in [0.25, 0.3) is 32.0 Å². The monoisotopic (exact) mass is 506 g/mol. The predicted octanol–water partition coefficient (Wildman–Crippen LogP) is 3.62. The number of hydrogen-bond acceptors (Lipinski definition) is 8. The van der Waals surface area contributed by atoms with E-state index in [1.807, 2.05) is 42.9 Å². The van der Waals surface area contributed by atoms with E-state index in [4.69, 9.17) is 4.98 Å². The zero-order chi connectivity index (χ0) is 24.7. The number of aromatic nitrogens is 4. The second-order valence-corrected chi connectivity index (χ2v) is 11.1. The lowest BCUT2D eigenvalue weighted by Gasteiger charge is -2.09. The number of hydrogen-bond donors (Lipinski definition) is 2. The first-order chi connectivity index (χ1) is 16.8. The molecule has 0 fully saturated rings. The highest BCUT2D eigenvalue weighted by atomic mass is 32.2. The summed E-state index contributed by atoms with van der Waals surface area (Å²) in [5.41, 5.74) is 4.40. The third kappa shape index (κ3) is 4.24. The number of thiazole rings is 1. The van der Waals surface area contributed by atoms with Crippen LogP contribution in [0.5, 0.6) is 0 Å². The van der Waals surface area contributed by atoms with Crippen molar-refractivity contribution in [2.24, 2.45) is 7.05 Å². The van der Waals surface area contributed by atoms with E-state index < -0.39 is 15.7 Å². The number of sulfone groups is 1. The van der Waals surface area contributed by atoms with Gasteiger partial charge in [-0.2, -0.15) is 0 Å². The highest BCUT2D eigenvalue weighted by Gasteiger charge is 2.19. The standard InChI is InChI=1S/C24H22N6O3S2/c1-25-21-18-19(30(2)13-27-18)20-22(28-21)29-24(34-20)15-10-8-14(9-11-15)12-26-23(31)16-6-4-5-7-17(16)35(3,32)33/h4-11,13H,12H2,1-3H3,(H,25,28)(H,26,31). The number of benzene rings is 2. The van der Waals surface area contributed by atoms with E-state index >= 15 is 0 Å². The summed E-state index contributed by atoms with van der Waals surface area (Å²) in [6.45, 7) is 0.264. The van der Waals surface area contributed by atoms with Crippen LogP contribution in [0, 0.1) is 0 Å². The molecule has 3 aromatic heterocycles. The first kappa shape index (κ1) is 22.9. The summed E-state index contributed by atoms with van der Waals surface area (Å²) < 4.78 is 26.9. The molecule has 2 N–H and O–H groups in total. The fraction of sp³-hybridized carbons (Fsp3) is 0.167. The first-order valence-corrected chi connectivity index (χ1v) is 13.4. The van der Waals surface area contributed by atoms with E-state index in [9.17, 15) is 13.2 Å². The average molecular weight is 507 g/mol. The molecular formula is C24H22N6O3S2. The van der Waals surface area contributed by atoms with Gasteiger partial charge >= 0.3 is 0 Å². The number of nitrogens with zero attached hydrogens (tertiary/aromatic N) is 4. The van der Waals surface area contributed by atoms with Crippen molar-refractivity contribution in [1.82, 2.24) is 24.8 Å². The Morgan fingerprint density at radius 1 is 1.09 bits per heavy atom. The van der Waals surface area contributed by atoms with Gasteiger partial charge in [0.15, 0.2) is 21.3 Å². The van der Waals surface area contributed by atoms with Crippen molar-refractivity contribution in [3.05, 3.63) is 66.0 Å². The van der Waals surface area contributed by atoms with E-state index in [1.165, 1.54) is 12.1 Å². The van der Waals surface area contributed by atoms with Crippen LogP contribution >= 0.6 is 11.3 Å². The number of anilines is 1. The summed E-state index contributed by atoms with van der Waals surface area (Å²) in [6.07, 6.45) is 2.86. The molecule has 0 saturated carbocycles. The van der Waals surface area contributed by atoms with Crippen molar-refractivity contribution in [3.8, 4) is 10.6 Å². The van der Waals surface area contributed by atoms with Gasteiger partial charge in [-0.25, -0.2) is 23.4 Å². The zero-order valence-corrected chi connectivity index (χ0v) is 20.9. The Hall–Kier alpha value is -3.83. The smallest absolute Gasteiger partial charge is 0.252 e. The lowest BCUT2D eigenvalue weighted by atomic mass is 10.1. The average Bonchev–Trinajstić information content (AvgIpc) is 3.45. The number of carbonyl (C=O) groups excluding carboxylic acids is 1. The number of imidazole rings is 1. The summed E-state index contributed by atoms with van der Waals surface area (Å²) in [5, 5.41) is 6.72. The van der Waals surface area contributed by atoms with Crippen LogP contribution in [0.2, 0.25) is 0 Å². The topological polar surface area (TPSA) is 119 Å². The van der Waals surface area contributed by atoms with Gasteiger partial charge in [-0.1, -0.05) is 36.4 Å². The van der Waals surface area contributed by atoms with Gasteiger partial charge in [-0.3, -0.25) is 4.79 Å². The molecule has 0 atom stereocenters. The van der Waals surface area contributed by atoms with Gasteiger partial charge in [0, 0.05) is 32.5 Å². The molecule has 0 radical (unpaired) electrons. The molecule has 5 aromatic rings. The third-order valence-electron chi connectivity index (χ3n) is 5.63. The van der Waals surface area contributed by atoms with Gasteiger partial charge in [0.05, 0.1) is 22.3 Å². The van der Waals surface area contributed by atoms with E-state index in [2.05, 4.69) is 20.6 Å². The summed E-state index contributed by atoms with van der Waals surface area (Å²) >= 11 is 1.55. The maximum absolute atomic E-state index is 12.6. The Labute approximate surface area is 205 Å². The minimum atomic E-state index is -3.51. The zero-order valence-electron chi connectivity index (χ0n) is 19.2. The van der Waals surface area contributed by atoms with Gasteiger partial charge in [0.25, 0.3) is 5.91 Å². The molecule has 0 aliphatic carbocycles. The van der Waals surface area contributed by atoms with Crippen molar-refractivity contribution in [3.63, 3.8) is 0 Å². The highest BCUT2D eigenvalue weighted by Crippen LogP contribution is 2.36. The lowest BCUT2D eigenvalue weighted by molar-refractivity contribution is 0.0947. The van der Waals surface area contributed by atoms with Crippen LogP contribution in [-0.2, 0) is 23.4 Å². The predicted molar refractivity (Wildman–Crippen MR) is 137 cm³/mol. The molecule has 0 bridgehead atoms. The molecule has 9 nitrogen and oxygen atoms in total. The number of pyridine rings is 1. The number of nitrogens with one attached hydrogen (secondary N) is 2. The molecule has 11 heteroatoms. The SMILES string of the molecule is CNc1nc2nc(-c3ccc(CNC(=O)c4ccccc4S(C)(=O)=O)cc3)sc2c2c1ncn2C. The Morgan fingerprint density at radius 3 is 2.54 bits per heavy atom. The van der Waals surface area contributed by atoms with Crippen LogP contribution < -0.4 is 10.6 Å². The molecule has 0 aliphatic rings. The number of rotatable bonds is 6. The van der Waals surface area contributed by atoms with Gasteiger partial charge in [0.2, 0.25) is 0 Å². The van der Waals surface area contributed by atoms with Crippen molar-refractivity contribution >= 4 is 54.3 Å². The number of amides is 1. The molecule has 178 valence electrons. The maximum atomic E-state index is 12.6. The van der Waals surface area contributed by atoms with Crippen LogP contribution in [0.3, 0.4) is 0 Å². The molecule has 0 spiro atoms. The molecular weight excluding hydrogens is 484 g/mol. The van der Waals surface area contributed by atoms with Crippen molar-refractivity contribution in [1.29, 1.82) is 0 Å². The number of fused-ring (bicyclic) bond motifs is 3. The van der Waals surface area contributed by atoms with Gasteiger partial charge in [-0.15, -0.1) is 11.3 Å². The Morgan fingerprint density at radius 2 is 1.83 bits per heavy atom.